The number of benzene rings is 2. The number of rotatable bonds is 8. The van der Waals surface area contributed by atoms with Crippen LogP contribution < -0.4 is 16.1 Å². The number of amides is 3. The van der Waals surface area contributed by atoms with Crippen molar-refractivity contribution in [2.24, 2.45) is 5.18 Å². The van der Waals surface area contributed by atoms with Crippen LogP contribution in [0, 0.1) is 4.91 Å². The third kappa shape index (κ3) is 6.79. The van der Waals surface area contributed by atoms with Crippen molar-refractivity contribution >= 4 is 51.8 Å². The lowest BCUT2D eigenvalue weighted by atomic mass is 10.1. The first-order valence-corrected chi connectivity index (χ1v) is 11.7. The number of thioether (sulfide) groups is 1. The Morgan fingerprint density at radius 1 is 1.14 bits per heavy atom. The normalized spacial score (nSPS) is 16.7. The van der Waals surface area contributed by atoms with Crippen LogP contribution in [0.1, 0.15) is 29.3 Å². The molecule has 1 aliphatic heterocycles. The molecule has 1 aliphatic rings. The van der Waals surface area contributed by atoms with E-state index in [1.807, 2.05) is 5.48 Å². The third-order valence-electron chi connectivity index (χ3n) is 5.36. The maximum atomic E-state index is 13.2. The zero-order valence-electron chi connectivity index (χ0n) is 19.5. The molecule has 1 fully saturated rings. The molecule has 0 aromatic heterocycles. The Labute approximate surface area is 210 Å². The summed E-state index contributed by atoms with van der Waals surface area (Å²) in [4.78, 5) is 62.0. The lowest BCUT2D eigenvalue weighted by molar-refractivity contribution is -0.120. The lowest BCUT2D eigenvalue weighted by Crippen LogP contribution is -2.43. The van der Waals surface area contributed by atoms with Gasteiger partial charge in [-0.05, 0) is 47.5 Å². The molecule has 0 unspecified atom stereocenters. The van der Waals surface area contributed by atoms with Gasteiger partial charge >= 0.3 is 6.09 Å². The summed E-state index contributed by atoms with van der Waals surface area (Å²) >= 11 is 1.04. The summed E-state index contributed by atoms with van der Waals surface area (Å²) in [5.41, 5.74) is 3.37. The van der Waals surface area contributed by atoms with Crippen molar-refractivity contribution in [2.45, 2.75) is 31.2 Å². The smallest absolute Gasteiger partial charge is 0.410 e. The van der Waals surface area contributed by atoms with Crippen LogP contribution in [-0.2, 0) is 20.9 Å². The van der Waals surface area contributed by atoms with Crippen LogP contribution in [0.5, 0.6) is 0 Å². The molecule has 0 spiro atoms. The maximum Gasteiger partial charge on any atom is 0.410 e. The van der Waals surface area contributed by atoms with E-state index in [-0.39, 0.29) is 46.9 Å². The van der Waals surface area contributed by atoms with Crippen LogP contribution >= 0.6 is 11.8 Å². The van der Waals surface area contributed by atoms with Crippen molar-refractivity contribution in [3.8, 4) is 0 Å². The van der Waals surface area contributed by atoms with Gasteiger partial charge < -0.3 is 15.4 Å². The molecule has 4 N–H and O–H groups in total. The molecule has 1 heterocycles. The molecule has 3 rings (SSSR count). The quantitative estimate of drug-likeness (QED) is 0.305. The summed E-state index contributed by atoms with van der Waals surface area (Å²) in [6.45, 7) is 1.46. The molecule has 0 bridgehead atoms. The Kier molecular flexibility index (Phi) is 8.97. The summed E-state index contributed by atoms with van der Waals surface area (Å²) in [5.74, 6) is -1.04. The second-order valence-electron chi connectivity index (χ2n) is 7.93. The minimum Gasteiger partial charge on any atom is -0.445 e. The van der Waals surface area contributed by atoms with Gasteiger partial charge in [0.1, 0.15) is 18.3 Å². The maximum absolute atomic E-state index is 13.2. The molecule has 13 heteroatoms. The molecular weight excluding hydrogens is 490 g/mol. The highest BCUT2D eigenvalue weighted by Gasteiger charge is 2.41. The number of nitrogens with zero attached hydrogens (tertiary/aromatic N) is 2. The van der Waals surface area contributed by atoms with E-state index in [2.05, 4.69) is 15.8 Å². The number of nitrogens with one attached hydrogen (secondary N) is 3. The highest BCUT2D eigenvalue weighted by atomic mass is 32.2. The number of anilines is 2. The van der Waals surface area contributed by atoms with Gasteiger partial charge in [-0.25, -0.2) is 4.79 Å². The Morgan fingerprint density at radius 3 is 2.47 bits per heavy atom. The summed E-state index contributed by atoms with van der Waals surface area (Å²) in [5, 5.41) is 16.3. The molecule has 2 atom stereocenters. The van der Waals surface area contributed by atoms with Crippen molar-refractivity contribution in [2.75, 3.05) is 24.4 Å². The number of hydrogen-bond acceptors (Lipinski definition) is 10. The summed E-state index contributed by atoms with van der Waals surface area (Å²) in [6.07, 6.45) is -0.531. The Balaban J connectivity index is 1.75. The molecule has 2 aromatic rings. The molecule has 36 heavy (non-hydrogen) atoms. The topological polar surface area (TPSA) is 166 Å². The van der Waals surface area contributed by atoms with Gasteiger partial charge in [0.15, 0.2) is 5.12 Å². The van der Waals surface area contributed by atoms with Gasteiger partial charge in [0.05, 0.1) is 5.69 Å². The fourth-order valence-electron chi connectivity index (χ4n) is 3.71. The molecule has 12 nitrogen and oxygen atoms in total. The molecule has 3 amide bonds. The van der Waals surface area contributed by atoms with Crippen LogP contribution in [0.15, 0.2) is 47.6 Å². The van der Waals surface area contributed by atoms with Crippen molar-refractivity contribution in [1.29, 1.82) is 0 Å². The first kappa shape index (κ1) is 26.6. The van der Waals surface area contributed by atoms with Gasteiger partial charge in [-0.2, -0.15) is 0 Å². The molecule has 2 aromatic carbocycles. The van der Waals surface area contributed by atoms with Gasteiger partial charge in [0.25, 0.3) is 5.91 Å². The highest BCUT2D eigenvalue weighted by Crippen LogP contribution is 2.30. The number of carbonyl (C=O) groups excluding carboxylic acids is 4. The van der Waals surface area contributed by atoms with Gasteiger partial charge in [0.2, 0.25) is 5.91 Å². The van der Waals surface area contributed by atoms with Crippen LogP contribution in [0.4, 0.5) is 21.9 Å². The average Bonchev–Trinajstić information content (AvgIpc) is 3.30. The number of likely N-dealkylation sites (tertiary alicyclic amines) is 1. The first-order valence-electron chi connectivity index (χ1n) is 10.8. The second-order valence-corrected chi connectivity index (χ2v) is 9.40. The summed E-state index contributed by atoms with van der Waals surface area (Å²) < 4.78 is 5.39. The zero-order valence-corrected chi connectivity index (χ0v) is 20.3. The number of carbonyl (C=O) groups is 4. The van der Waals surface area contributed by atoms with Crippen molar-refractivity contribution in [3.63, 3.8) is 0 Å². The standard InChI is InChI=1S/C23H25N5O7S/c1-13(29)36-19-10-20(22(31)25-17-7-15(21(30)24-2)8-18(9-17)27-34)28(11-19)23(32)35-12-14-3-5-16(26-33)6-4-14/h3-9,19-20,26,33H,10-12H2,1-2H3,(H,24,30)(H,25,31)/t19-,20-/m0/s1. The molecule has 1 saturated heterocycles. The minimum atomic E-state index is -0.952. The predicted octanol–water partition coefficient (Wildman–Crippen LogP) is 3.24. The number of ether oxygens (including phenoxy) is 1. The average molecular weight is 516 g/mol. The van der Waals surface area contributed by atoms with Gasteiger partial charge in [-0.15, -0.1) is 4.91 Å². The Hall–Kier alpha value is -3.97. The van der Waals surface area contributed by atoms with Gasteiger partial charge in [0, 0.05) is 37.0 Å². The van der Waals surface area contributed by atoms with E-state index in [0.717, 1.165) is 11.8 Å². The number of nitroso groups, excluding NO2 is 1. The van der Waals surface area contributed by atoms with E-state index in [9.17, 15) is 24.1 Å². The van der Waals surface area contributed by atoms with Crippen LogP contribution in [0.25, 0.3) is 0 Å². The Bertz CT molecular complexity index is 1160. The van der Waals surface area contributed by atoms with E-state index in [1.54, 1.807) is 24.3 Å². The SMILES string of the molecule is CNC(=O)c1cc(N=O)cc(NC(=O)[C@@H]2C[C@H](SC(C)=O)CN2C(=O)OCc2ccc(NO)cc2)c1. The van der Waals surface area contributed by atoms with Crippen LogP contribution in [-0.4, -0.2) is 58.0 Å². The van der Waals surface area contributed by atoms with Crippen LogP contribution in [0.3, 0.4) is 0 Å². The second kappa shape index (κ2) is 12.1. The third-order valence-corrected chi connectivity index (χ3v) is 6.36. The van der Waals surface area contributed by atoms with E-state index in [1.165, 1.54) is 37.1 Å². The summed E-state index contributed by atoms with van der Waals surface area (Å²) in [7, 11) is 1.42. The van der Waals surface area contributed by atoms with Crippen LogP contribution in [0.2, 0.25) is 0 Å². The first-order chi connectivity index (χ1) is 17.2. The van der Waals surface area contributed by atoms with Gasteiger partial charge in [-0.1, -0.05) is 23.9 Å². The van der Waals surface area contributed by atoms with E-state index in [4.69, 9.17) is 9.94 Å². The lowest BCUT2D eigenvalue weighted by Gasteiger charge is -2.23. The monoisotopic (exact) mass is 515 g/mol. The molecule has 0 radical (unpaired) electrons. The molecular formula is C23H25N5O7S. The van der Waals surface area contributed by atoms with Crippen molar-refractivity contribution in [3.05, 3.63) is 58.5 Å². The van der Waals surface area contributed by atoms with Crippen molar-refractivity contribution in [1.82, 2.24) is 10.2 Å². The molecule has 0 saturated carbocycles. The molecule has 0 aliphatic carbocycles. The van der Waals surface area contributed by atoms with E-state index >= 15 is 0 Å². The predicted molar refractivity (Wildman–Crippen MR) is 133 cm³/mol. The van der Waals surface area contributed by atoms with E-state index in [0.29, 0.717) is 11.3 Å². The van der Waals surface area contributed by atoms with E-state index < -0.39 is 23.9 Å². The zero-order chi connectivity index (χ0) is 26.2. The fraction of sp³-hybridized carbons (Fsp3) is 0.304. The fourth-order valence-corrected chi connectivity index (χ4v) is 4.69. The Morgan fingerprint density at radius 2 is 1.86 bits per heavy atom. The largest absolute Gasteiger partial charge is 0.445 e. The highest BCUT2D eigenvalue weighted by molar-refractivity contribution is 8.14. The van der Waals surface area contributed by atoms with Crippen molar-refractivity contribution < 1.29 is 29.1 Å². The molecule has 190 valence electrons. The van der Waals surface area contributed by atoms with Gasteiger partial charge in [-0.3, -0.25) is 30.0 Å². The summed E-state index contributed by atoms with van der Waals surface area (Å²) in [6, 6.07) is 9.54. The number of hydrogen-bond donors (Lipinski definition) is 4. The minimum absolute atomic E-state index is 0.0542.